The number of benzene rings is 1. The highest BCUT2D eigenvalue weighted by Crippen LogP contribution is 2.22. The summed E-state index contributed by atoms with van der Waals surface area (Å²) in [6.45, 7) is 9.70. The van der Waals surface area contributed by atoms with Gasteiger partial charge in [-0.05, 0) is 11.6 Å². The fraction of sp³-hybridized carbons (Fsp3) is 0.562. The minimum Gasteiger partial charge on any atom is -0.378 e. The van der Waals surface area contributed by atoms with Gasteiger partial charge in [-0.3, -0.25) is 4.79 Å². The van der Waals surface area contributed by atoms with Gasteiger partial charge < -0.3 is 15.0 Å². The van der Waals surface area contributed by atoms with E-state index in [4.69, 9.17) is 4.74 Å². The zero-order valence-corrected chi connectivity index (χ0v) is 12.6. The summed E-state index contributed by atoms with van der Waals surface area (Å²) in [5.74, 6) is 0.0780. The third-order valence-corrected chi connectivity index (χ3v) is 3.46. The van der Waals surface area contributed by atoms with Crippen molar-refractivity contribution in [3.8, 4) is 0 Å². The molecule has 4 heteroatoms. The summed E-state index contributed by atoms with van der Waals surface area (Å²) < 4.78 is 5.39. The maximum absolute atomic E-state index is 12.0. The lowest BCUT2D eigenvalue weighted by atomic mass is 9.95. The van der Waals surface area contributed by atoms with Gasteiger partial charge in [0.2, 0.25) is 5.91 Å². The number of carbonyl (C=O) groups excluding carboxylic acids is 1. The number of morpholine rings is 1. The van der Waals surface area contributed by atoms with Crippen molar-refractivity contribution in [2.24, 2.45) is 5.41 Å². The van der Waals surface area contributed by atoms with E-state index in [0.29, 0.717) is 6.54 Å². The van der Waals surface area contributed by atoms with E-state index >= 15 is 0 Å². The highest BCUT2D eigenvalue weighted by molar-refractivity contribution is 5.81. The van der Waals surface area contributed by atoms with E-state index in [2.05, 4.69) is 22.3 Å². The molecule has 4 nitrogen and oxygen atoms in total. The lowest BCUT2D eigenvalue weighted by Crippen LogP contribution is -2.38. The van der Waals surface area contributed by atoms with Gasteiger partial charge in [0.15, 0.2) is 0 Å². The molecule has 0 unspecified atom stereocenters. The van der Waals surface area contributed by atoms with Gasteiger partial charge in [0.1, 0.15) is 0 Å². The molecule has 0 atom stereocenters. The Morgan fingerprint density at radius 1 is 1.25 bits per heavy atom. The Morgan fingerprint density at radius 3 is 2.55 bits per heavy atom. The summed E-state index contributed by atoms with van der Waals surface area (Å²) in [5, 5.41) is 3.02. The molecule has 1 heterocycles. The third kappa shape index (κ3) is 3.73. The number of hydrogen-bond donors (Lipinski definition) is 1. The van der Waals surface area contributed by atoms with Gasteiger partial charge in [0.25, 0.3) is 0 Å². The van der Waals surface area contributed by atoms with Crippen LogP contribution in [0.15, 0.2) is 24.3 Å². The van der Waals surface area contributed by atoms with Crippen LogP contribution >= 0.6 is 0 Å². The van der Waals surface area contributed by atoms with Gasteiger partial charge in [-0.15, -0.1) is 0 Å². The van der Waals surface area contributed by atoms with Gasteiger partial charge in [0, 0.05) is 30.7 Å². The Labute approximate surface area is 121 Å². The highest BCUT2D eigenvalue weighted by atomic mass is 16.5. The third-order valence-electron chi connectivity index (χ3n) is 3.46. The highest BCUT2D eigenvalue weighted by Gasteiger charge is 2.21. The summed E-state index contributed by atoms with van der Waals surface area (Å²) in [6, 6.07) is 8.25. The summed E-state index contributed by atoms with van der Waals surface area (Å²) in [6.07, 6.45) is 0. The van der Waals surface area contributed by atoms with Crippen LogP contribution in [-0.4, -0.2) is 32.2 Å². The van der Waals surface area contributed by atoms with Crippen LogP contribution in [0.25, 0.3) is 0 Å². The van der Waals surface area contributed by atoms with Crippen LogP contribution in [0.3, 0.4) is 0 Å². The van der Waals surface area contributed by atoms with E-state index in [-0.39, 0.29) is 11.3 Å². The number of rotatable bonds is 3. The molecular formula is C16H24N2O2. The van der Waals surface area contributed by atoms with Crippen molar-refractivity contribution in [3.05, 3.63) is 29.8 Å². The predicted molar refractivity (Wildman–Crippen MR) is 80.8 cm³/mol. The number of carbonyl (C=O) groups is 1. The molecule has 0 spiro atoms. The molecule has 1 N–H and O–H groups in total. The van der Waals surface area contributed by atoms with Crippen LogP contribution in [0, 0.1) is 5.41 Å². The van der Waals surface area contributed by atoms with E-state index in [1.807, 2.05) is 32.9 Å². The molecule has 0 aliphatic carbocycles. The van der Waals surface area contributed by atoms with Crippen molar-refractivity contribution in [3.63, 3.8) is 0 Å². The van der Waals surface area contributed by atoms with E-state index in [1.54, 1.807) is 0 Å². The molecule has 1 saturated heterocycles. The van der Waals surface area contributed by atoms with Crippen LogP contribution in [0.4, 0.5) is 5.69 Å². The zero-order chi connectivity index (χ0) is 14.6. The molecule has 1 aromatic carbocycles. The summed E-state index contributed by atoms with van der Waals surface area (Å²) in [5.41, 5.74) is 2.01. The molecule has 0 bridgehead atoms. The lowest BCUT2D eigenvalue weighted by molar-refractivity contribution is -0.128. The summed E-state index contributed by atoms with van der Waals surface area (Å²) in [4.78, 5) is 14.3. The minimum atomic E-state index is -0.353. The van der Waals surface area contributed by atoms with Gasteiger partial charge in [-0.25, -0.2) is 0 Å². The largest absolute Gasteiger partial charge is 0.378 e. The molecule has 110 valence electrons. The van der Waals surface area contributed by atoms with Gasteiger partial charge in [-0.1, -0.05) is 39.0 Å². The Balaban J connectivity index is 2.06. The average molecular weight is 276 g/mol. The second-order valence-electron chi connectivity index (χ2n) is 6.16. The Morgan fingerprint density at radius 2 is 1.90 bits per heavy atom. The quantitative estimate of drug-likeness (QED) is 0.920. The van der Waals surface area contributed by atoms with Crippen molar-refractivity contribution in [2.75, 3.05) is 31.2 Å². The average Bonchev–Trinajstić information content (AvgIpc) is 2.45. The first-order valence-corrected chi connectivity index (χ1v) is 7.17. The van der Waals surface area contributed by atoms with E-state index in [9.17, 15) is 4.79 Å². The molecule has 2 rings (SSSR count). The molecular weight excluding hydrogens is 252 g/mol. The molecule has 0 radical (unpaired) electrons. The van der Waals surface area contributed by atoms with E-state index in [0.717, 1.165) is 31.9 Å². The first-order chi connectivity index (χ1) is 9.48. The predicted octanol–water partition coefficient (Wildman–Crippen LogP) is 2.19. The monoisotopic (exact) mass is 276 g/mol. The number of anilines is 1. The Kier molecular flexibility index (Phi) is 4.65. The fourth-order valence-electron chi connectivity index (χ4n) is 2.21. The second kappa shape index (κ2) is 6.27. The van der Waals surface area contributed by atoms with Crippen LogP contribution in [0.1, 0.15) is 26.3 Å². The van der Waals surface area contributed by atoms with E-state index in [1.165, 1.54) is 5.69 Å². The van der Waals surface area contributed by atoms with Gasteiger partial charge in [0.05, 0.1) is 13.2 Å². The second-order valence-corrected chi connectivity index (χ2v) is 6.16. The van der Waals surface area contributed by atoms with Crippen LogP contribution in [0.5, 0.6) is 0 Å². The number of ether oxygens (including phenoxy) is 1. The SMILES string of the molecule is CC(C)(C)C(=O)NCc1ccccc1N1CCOCC1. The Bertz CT molecular complexity index is 460. The standard InChI is InChI=1S/C16H24N2O2/c1-16(2,3)15(19)17-12-13-6-4-5-7-14(13)18-8-10-20-11-9-18/h4-7H,8-12H2,1-3H3,(H,17,19). The maximum Gasteiger partial charge on any atom is 0.225 e. The molecule has 1 amide bonds. The molecule has 20 heavy (non-hydrogen) atoms. The normalized spacial score (nSPS) is 16.1. The van der Waals surface area contributed by atoms with Gasteiger partial charge in [-0.2, -0.15) is 0 Å². The lowest BCUT2D eigenvalue weighted by Gasteiger charge is -2.31. The smallest absolute Gasteiger partial charge is 0.225 e. The van der Waals surface area contributed by atoms with Crippen LogP contribution in [0.2, 0.25) is 0 Å². The zero-order valence-electron chi connectivity index (χ0n) is 12.6. The number of amides is 1. The summed E-state index contributed by atoms with van der Waals surface area (Å²) >= 11 is 0. The molecule has 1 fully saturated rings. The maximum atomic E-state index is 12.0. The van der Waals surface area contributed by atoms with Crippen molar-refractivity contribution < 1.29 is 9.53 Å². The fourth-order valence-corrected chi connectivity index (χ4v) is 2.21. The topological polar surface area (TPSA) is 41.6 Å². The molecule has 1 aliphatic heterocycles. The summed E-state index contributed by atoms with van der Waals surface area (Å²) in [7, 11) is 0. The van der Waals surface area contributed by atoms with E-state index < -0.39 is 0 Å². The number of nitrogens with zero attached hydrogens (tertiary/aromatic N) is 1. The van der Waals surface area contributed by atoms with Gasteiger partial charge >= 0.3 is 0 Å². The molecule has 0 aromatic heterocycles. The molecule has 1 aromatic rings. The van der Waals surface area contributed by atoms with Crippen LogP contribution in [-0.2, 0) is 16.1 Å². The minimum absolute atomic E-state index is 0.0780. The molecule has 0 saturated carbocycles. The number of para-hydroxylation sites is 1. The van der Waals surface area contributed by atoms with Crippen LogP contribution < -0.4 is 10.2 Å². The van der Waals surface area contributed by atoms with Crippen molar-refractivity contribution in [1.29, 1.82) is 0 Å². The van der Waals surface area contributed by atoms with Crippen molar-refractivity contribution >= 4 is 11.6 Å². The molecule has 1 aliphatic rings. The number of nitrogens with one attached hydrogen (secondary N) is 1. The number of hydrogen-bond acceptors (Lipinski definition) is 3. The first-order valence-electron chi connectivity index (χ1n) is 7.17. The first kappa shape index (κ1) is 14.9. The van der Waals surface area contributed by atoms with Crippen molar-refractivity contribution in [1.82, 2.24) is 5.32 Å². The Hall–Kier alpha value is -1.55. The van der Waals surface area contributed by atoms with Crippen molar-refractivity contribution in [2.45, 2.75) is 27.3 Å².